The molecule has 1 aliphatic rings. The van der Waals surface area contributed by atoms with Crippen LogP contribution < -0.4 is 23.8 Å². The lowest BCUT2D eigenvalue weighted by Gasteiger charge is -2.13. The first-order valence-electron chi connectivity index (χ1n) is 10.6. The molecule has 0 unspecified atom stereocenters. The maximum Gasteiger partial charge on any atom is 0.351 e. The average Bonchev–Trinajstić information content (AvgIpc) is 3.13. The number of aryl methyl sites for hydroxylation is 1. The van der Waals surface area contributed by atoms with Gasteiger partial charge in [-0.1, -0.05) is 18.2 Å². The molecule has 3 aromatic rings. The van der Waals surface area contributed by atoms with Crippen molar-refractivity contribution in [3.8, 4) is 23.0 Å². The van der Waals surface area contributed by atoms with E-state index in [9.17, 15) is 9.59 Å². The van der Waals surface area contributed by atoms with Gasteiger partial charge in [0.25, 0.3) is 0 Å². The van der Waals surface area contributed by atoms with Crippen LogP contribution in [-0.4, -0.2) is 40.1 Å². The van der Waals surface area contributed by atoms with E-state index in [2.05, 4.69) is 0 Å². The Balaban J connectivity index is 1.61. The first-order chi connectivity index (χ1) is 16.3. The zero-order valence-corrected chi connectivity index (χ0v) is 19.7. The number of hydrogen-bond donors (Lipinski definition) is 0. The van der Waals surface area contributed by atoms with Crippen molar-refractivity contribution in [2.45, 2.75) is 6.92 Å². The van der Waals surface area contributed by atoms with Gasteiger partial charge in [-0.05, 0) is 54.5 Å². The van der Waals surface area contributed by atoms with Crippen molar-refractivity contribution >= 4 is 23.5 Å². The summed E-state index contributed by atoms with van der Waals surface area (Å²) in [4.78, 5) is 27.9. The molecule has 3 aromatic carbocycles. The summed E-state index contributed by atoms with van der Waals surface area (Å²) in [5, 5.41) is 0. The average molecular weight is 459 g/mol. The fourth-order valence-electron chi connectivity index (χ4n) is 3.77. The number of ether oxygens (including phenoxy) is 4. The molecule has 0 atom stereocenters. The van der Waals surface area contributed by atoms with Crippen LogP contribution in [0.4, 0.5) is 5.69 Å². The van der Waals surface area contributed by atoms with Gasteiger partial charge >= 0.3 is 5.97 Å². The number of nitrogens with zero attached hydrogens (tertiary/aromatic N) is 1. The van der Waals surface area contributed by atoms with Crippen molar-refractivity contribution in [1.82, 2.24) is 0 Å². The van der Waals surface area contributed by atoms with E-state index in [4.69, 9.17) is 18.9 Å². The first-order valence-corrected chi connectivity index (χ1v) is 10.6. The van der Waals surface area contributed by atoms with Crippen molar-refractivity contribution in [2.75, 3.05) is 33.2 Å². The maximum absolute atomic E-state index is 13.0. The van der Waals surface area contributed by atoms with Gasteiger partial charge in [0.1, 0.15) is 28.6 Å². The van der Waals surface area contributed by atoms with Crippen LogP contribution >= 0.6 is 0 Å². The smallest absolute Gasteiger partial charge is 0.351 e. The van der Waals surface area contributed by atoms with Gasteiger partial charge < -0.3 is 23.8 Å². The van der Waals surface area contributed by atoms with Gasteiger partial charge in [0.15, 0.2) is 5.76 Å². The number of ketones is 1. The van der Waals surface area contributed by atoms with Crippen LogP contribution in [0.2, 0.25) is 0 Å². The second kappa shape index (κ2) is 9.31. The standard InChI is InChI=1S/C27H25NO6/c1-16-13-19(33-27(30)25-20(31-4)7-6-8-21(25)32-5)15-22-24(16)26(29)23(34-22)14-17-9-11-18(12-10-17)28(2)3/h6-15H,1-5H3/b23-14-. The monoisotopic (exact) mass is 459 g/mol. The van der Waals surface area contributed by atoms with E-state index in [0.29, 0.717) is 28.4 Å². The molecule has 0 spiro atoms. The summed E-state index contributed by atoms with van der Waals surface area (Å²) in [5.74, 6) is 0.613. The topological polar surface area (TPSA) is 74.3 Å². The van der Waals surface area contributed by atoms with Gasteiger partial charge in [-0.15, -0.1) is 0 Å². The Morgan fingerprint density at radius 3 is 2.21 bits per heavy atom. The number of allylic oxidation sites excluding steroid dienone is 1. The molecule has 0 aliphatic carbocycles. The van der Waals surface area contributed by atoms with Crippen LogP contribution in [0.25, 0.3) is 6.08 Å². The molecule has 0 bridgehead atoms. The minimum absolute atomic E-state index is 0.171. The molecule has 7 heteroatoms. The van der Waals surface area contributed by atoms with Crippen molar-refractivity contribution in [3.63, 3.8) is 0 Å². The lowest BCUT2D eigenvalue weighted by atomic mass is 10.0. The molecular weight excluding hydrogens is 434 g/mol. The molecule has 0 saturated carbocycles. The van der Waals surface area contributed by atoms with Gasteiger partial charge in [0.2, 0.25) is 5.78 Å². The number of Topliss-reactive ketones (excluding diaryl/α,β-unsaturated/α-hetero) is 1. The lowest BCUT2D eigenvalue weighted by molar-refractivity contribution is 0.0727. The molecule has 0 saturated heterocycles. The highest BCUT2D eigenvalue weighted by Gasteiger charge is 2.31. The summed E-state index contributed by atoms with van der Waals surface area (Å²) < 4.78 is 22.0. The zero-order valence-electron chi connectivity index (χ0n) is 19.7. The largest absolute Gasteiger partial charge is 0.496 e. The first kappa shape index (κ1) is 22.9. The predicted molar refractivity (Wildman–Crippen MR) is 129 cm³/mol. The third-order valence-electron chi connectivity index (χ3n) is 5.49. The van der Waals surface area contributed by atoms with E-state index in [0.717, 1.165) is 11.3 Å². The molecule has 0 aromatic heterocycles. The Kier molecular flexibility index (Phi) is 6.27. The predicted octanol–water partition coefficient (Wildman–Crippen LogP) is 4.91. The molecule has 0 amide bonds. The number of anilines is 1. The second-order valence-electron chi connectivity index (χ2n) is 7.97. The molecule has 1 heterocycles. The summed E-state index contributed by atoms with van der Waals surface area (Å²) in [5.41, 5.74) is 3.16. The molecular formula is C27H25NO6. The minimum atomic E-state index is -0.644. The van der Waals surface area contributed by atoms with Gasteiger partial charge in [-0.25, -0.2) is 4.79 Å². The number of esters is 1. The molecule has 0 radical (unpaired) electrons. The van der Waals surface area contributed by atoms with Crippen LogP contribution in [-0.2, 0) is 0 Å². The number of fused-ring (bicyclic) bond motifs is 1. The number of hydrogen-bond acceptors (Lipinski definition) is 7. The van der Waals surface area contributed by atoms with E-state index < -0.39 is 5.97 Å². The molecule has 1 aliphatic heterocycles. The van der Waals surface area contributed by atoms with Gasteiger partial charge in [-0.2, -0.15) is 0 Å². The van der Waals surface area contributed by atoms with Crippen molar-refractivity contribution in [1.29, 1.82) is 0 Å². The normalized spacial score (nSPS) is 13.3. The number of rotatable bonds is 6. The molecule has 174 valence electrons. The Bertz CT molecular complexity index is 1270. The molecule has 0 fully saturated rings. The fraction of sp³-hybridized carbons (Fsp3) is 0.185. The second-order valence-corrected chi connectivity index (χ2v) is 7.97. The minimum Gasteiger partial charge on any atom is -0.496 e. The molecule has 34 heavy (non-hydrogen) atoms. The summed E-state index contributed by atoms with van der Waals surface area (Å²) in [6.45, 7) is 1.77. The van der Waals surface area contributed by atoms with Gasteiger partial charge in [-0.3, -0.25) is 4.79 Å². The third kappa shape index (κ3) is 4.32. The maximum atomic E-state index is 13.0. The fourth-order valence-corrected chi connectivity index (χ4v) is 3.77. The van der Waals surface area contributed by atoms with E-state index in [1.807, 2.05) is 43.3 Å². The number of methoxy groups -OCH3 is 2. The number of benzene rings is 3. The number of carbonyl (C=O) groups is 2. The highest BCUT2D eigenvalue weighted by atomic mass is 16.5. The summed E-state index contributed by atoms with van der Waals surface area (Å²) in [7, 11) is 6.86. The van der Waals surface area contributed by atoms with E-state index >= 15 is 0 Å². The molecule has 0 N–H and O–H groups in total. The van der Waals surface area contributed by atoms with Crippen molar-refractivity contribution in [3.05, 3.63) is 82.6 Å². The van der Waals surface area contributed by atoms with Gasteiger partial charge in [0, 0.05) is 25.8 Å². The van der Waals surface area contributed by atoms with Crippen LogP contribution in [0.5, 0.6) is 23.0 Å². The quantitative estimate of drug-likeness (QED) is 0.294. The van der Waals surface area contributed by atoms with Crippen molar-refractivity contribution < 1.29 is 28.5 Å². The number of carbonyl (C=O) groups excluding carboxylic acids is 2. The SMILES string of the molecule is COc1cccc(OC)c1C(=O)Oc1cc(C)c2c(c1)O/C(=C\c1ccc(N(C)C)cc1)C2=O. The van der Waals surface area contributed by atoms with Crippen LogP contribution in [0.1, 0.15) is 31.8 Å². The highest BCUT2D eigenvalue weighted by Crippen LogP contribution is 2.38. The van der Waals surface area contributed by atoms with E-state index in [1.54, 1.807) is 37.3 Å². The van der Waals surface area contributed by atoms with Crippen molar-refractivity contribution in [2.24, 2.45) is 0 Å². The van der Waals surface area contributed by atoms with E-state index in [1.165, 1.54) is 20.3 Å². The highest BCUT2D eigenvalue weighted by molar-refractivity contribution is 6.15. The lowest BCUT2D eigenvalue weighted by Crippen LogP contribution is -2.12. The van der Waals surface area contributed by atoms with E-state index in [-0.39, 0.29) is 22.9 Å². The summed E-state index contributed by atoms with van der Waals surface area (Å²) in [6.07, 6.45) is 1.70. The van der Waals surface area contributed by atoms with Gasteiger partial charge in [0.05, 0.1) is 19.8 Å². The zero-order chi connectivity index (χ0) is 24.4. The summed E-state index contributed by atoms with van der Waals surface area (Å²) in [6, 6.07) is 16.0. The third-order valence-corrected chi connectivity index (χ3v) is 5.49. The Morgan fingerprint density at radius 2 is 1.62 bits per heavy atom. The van der Waals surface area contributed by atoms with Crippen LogP contribution in [0.3, 0.4) is 0 Å². The Morgan fingerprint density at radius 1 is 0.971 bits per heavy atom. The van der Waals surface area contributed by atoms with Crippen LogP contribution in [0.15, 0.2) is 60.4 Å². The molecule has 7 nitrogen and oxygen atoms in total. The Hall–Kier alpha value is -4.26. The molecule has 4 rings (SSSR count). The van der Waals surface area contributed by atoms with Crippen LogP contribution in [0, 0.1) is 6.92 Å². The Labute approximate surface area is 198 Å². The summed E-state index contributed by atoms with van der Waals surface area (Å²) >= 11 is 0.